The van der Waals surface area contributed by atoms with E-state index in [1.807, 2.05) is 18.2 Å². The summed E-state index contributed by atoms with van der Waals surface area (Å²) in [5.74, 6) is 0.840. The largest absolute Gasteiger partial charge is 0.326 e. The maximum Gasteiger partial charge on any atom is 0.326 e. The van der Waals surface area contributed by atoms with Gasteiger partial charge in [0.1, 0.15) is 5.03 Å². The molecule has 4 nitrogen and oxygen atoms in total. The molecule has 0 bridgehead atoms. The number of anilines is 2. The molecule has 1 aromatic heterocycles. The van der Waals surface area contributed by atoms with Crippen molar-refractivity contribution < 1.29 is 4.79 Å². The first-order valence-electron chi connectivity index (χ1n) is 6.16. The normalized spacial score (nSPS) is 13.8. The summed E-state index contributed by atoms with van der Waals surface area (Å²) < 4.78 is 0. The summed E-state index contributed by atoms with van der Waals surface area (Å²) in [6.07, 6.45) is 1.74. The SMILES string of the molecule is O=C(Nc1cccc(Cl)c1)N1CCSc2ncccc21. The molecular weight excluding hydrogens is 294 g/mol. The summed E-state index contributed by atoms with van der Waals surface area (Å²) in [6, 6.07) is 10.7. The monoisotopic (exact) mass is 305 g/mol. The van der Waals surface area contributed by atoms with Gasteiger partial charge < -0.3 is 5.32 Å². The van der Waals surface area contributed by atoms with E-state index in [2.05, 4.69) is 10.3 Å². The van der Waals surface area contributed by atoms with Crippen molar-refractivity contribution in [2.45, 2.75) is 5.03 Å². The Morgan fingerprint density at radius 2 is 2.25 bits per heavy atom. The molecule has 0 fully saturated rings. The summed E-state index contributed by atoms with van der Waals surface area (Å²) in [5.41, 5.74) is 1.54. The van der Waals surface area contributed by atoms with Gasteiger partial charge in [0, 0.05) is 29.2 Å². The van der Waals surface area contributed by atoms with E-state index in [1.54, 1.807) is 41.1 Å². The van der Waals surface area contributed by atoms with E-state index in [4.69, 9.17) is 11.6 Å². The highest BCUT2D eigenvalue weighted by Gasteiger charge is 2.23. The average molecular weight is 306 g/mol. The number of nitrogens with zero attached hydrogens (tertiary/aromatic N) is 2. The van der Waals surface area contributed by atoms with Crippen LogP contribution in [0.3, 0.4) is 0 Å². The van der Waals surface area contributed by atoms with Crippen LogP contribution >= 0.6 is 23.4 Å². The maximum absolute atomic E-state index is 12.4. The number of nitrogens with one attached hydrogen (secondary N) is 1. The Bertz CT molecular complexity index is 650. The summed E-state index contributed by atoms with van der Waals surface area (Å²) in [7, 11) is 0. The van der Waals surface area contributed by atoms with Gasteiger partial charge in [0.2, 0.25) is 0 Å². The zero-order valence-corrected chi connectivity index (χ0v) is 12.1. The average Bonchev–Trinajstić information content (AvgIpc) is 2.46. The van der Waals surface area contributed by atoms with Crippen LogP contribution in [0.4, 0.5) is 16.2 Å². The van der Waals surface area contributed by atoms with E-state index in [1.165, 1.54) is 0 Å². The number of carbonyl (C=O) groups is 1. The molecule has 0 radical (unpaired) electrons. The van der Waals surface area contributed by atoms with E-state index in [0.717, 1.165) is 16.5 Å². The molecule has 1 aliphatic rings. The minimum absolute atomic E-state index is 0.165. The third-order valence-corrected chi connectivity index (χ3v) is 4.13. The predicted octanol–water partition coefficient (Wildman–Crippen LogP) is 3.88. The molecule has 6 heteroatoms. The first kappa shape index (κ1) is 13.3. The van der Waals surface area contributed by atoms with Crippen molar-refractivity contribution in [3.63, 3.8) is 0 Å². The second-order valence-corrected chi connectivity index (χ2v) is 5.79. The lowest BCUT2D eigenvalue weighted by atomic mass is 10.3. The number of benzene rings is 1. The van der Waals surface area contributed by atoms with Gasteiger partial charge in [-0.25, -0.2) is 9.78 Å². The van der Waals surface area contributed by atoms with Crippen molar-refractivity contribution in [1.29, 1.82) is 0 Å². The Morgan fingerprint density at radius 1 is 1.35 bits per heavy atom. The Kier molecular flexibility index (Phi) is 3.80. The highest BCUT2D eigenvalue weighted by Crippen LogP contribution is 2.32. The van der Waals surface area contributed by atoms with Gasteiger partial charge in [-0.2, -0.15) is 0 Å². The molecule has 2 amide bonds. The van der Waals surface area contributed by atoms with Crippen molar-refractivity contribution in [2.75, 3.05) is 22.5 Å². The van der Waals surface area contributed by atoms with E-state index in [-0.39, 0.29) is 6.03 Å². The third-order valence-electron chi connectivity index (χ3n) is 2.92. The number of thioether (sulfide) groups is 1. The minimum atomic E-state index is -0.165. The number of urea groups is 1. The second kappa shape index (κ2) is 5.73. The molecule has 0 saturated heterocycles. The number of amides is 2. The Labute approximate surface area is 126 Å². The molecule has 1 aliphatic heterocycles. The van der Waals surface area contributed by atoms with Crippen molar-refractivity contribution in [3.05, 3.63) is 47.6 Å². The number of aromatic nitrogens is 1. The van der Waals surface area contributed by atoms with Crippen molar-refractivity contribution in [3.8, 4) is 0 Å². The van der Waals surface area contributed by atoms with Crippen molar-refractivity contribution in [1.82, 2.24) is 4.98 Å². The molecule has 1 N–H and O–H groups in total. The number of carbonyl (C=O) groups excluding carboxylic acids is 1. The molecule has 0 saturated carbocycles. The van der Waals surface area contributed by atoms with Crippen LogP contribution in [0.25, 0.3) is 0 Å². The smallest absolute Gasteiger partial charge is 0.307 e. The highest BCUT2D eigenvalue weighted by molar-refractivity contribution is 7.99. The second-order valence-electron chi connectivity index (χ2n) is 4.27. The van der Waals surface area contributed by atoms with Gasteiger partial charge in [0.05, 0.1) is 5.69 Å². The molecule has 102 valence electrons. The van der Waals surface area contributed by atoms with Gasteiger partial charge in [0.25, 0.3) is 0 Å². The van der Waals surface area contributed by atoms with Crippen molar-refractivity contribution in [2.24, 2.45) is 0 Å². The Hall–Kier alpha value is -1.72. The van der Waals surface area contributed by atoms with Crippen LogP contribution in [-0.4, -0.2) is 23.3 Å². The van der Waals surface area contributed by atoms with Gasteiger partial charge in [-0.3, -0.25) is 4.90 Å². The van der Waals surface area contributed by atoms with Gasteiger partial charge >= 0.3 is 6.03 Å². The summed E-state index contributed by atoms with van der Waals surface area (Å²) in [5, 5.41) is 4.34. The van der Waals surface area contributed by atoms with E-state index in [0.29, 0.717) is 17.3 Å². The Balaban J connectivity index is 1.82. The predicted molar refractivity (Wildman–Crippen MR) is 82.8 cm³/mol. The molecule has 2 aromatic rings. The molecule has 0 aliphatic carbocycles. The highest BCUT2D eigenvalue weighted by atomic mass is 35.5. The molecule has 3 rings (SSSR count). The number of halogens is 1. The molecular formula is C14H12ClN3OS. The minimum Gasteiger partial charge on any atom is -0.307 e. The number of pyridine rings is 1. The lowest BCUT2D eigenvalue weighted by Crippen LogP contribution is -2.38. The topological polar surface area (TPSA) is 45.2 Å². The summed E-state index contributed by atoms with van der Waals surface area (Å²) in [6.45, 7) is 0.662. The van der Waals surface area contributed by atoms with Crippen LogP contribution in [0.2, 0.25) is 5.02 Å². The van der Waals surface area contributed by atoms with Crippen LogP contribution in [0.5, 0.6) is 0 Å². The molecule has 0 spiro atoms. The molecule has 20 heavy (non-hydrogen) atoms. The number of hydrogen-bond acceptors (Lipinski definition) is 3. The fourth-order valence-corrected chi connectivity index (χ4v) is 3.14. The maximum atomic E-state index is 12.4. The van der Waals surface area contributed by atoms with Gasteiger partial charge in [0.15, 0.2) is 0 Å². The lowest BCUT2D eigenvalue weighted by molar-refractivity contribution is 0.257. The van der Waals surface area contributed by atoms with Crippen LogP contribution in [0, 0.1) is 0 Å². The van der Waals surface area contributed by atoms with Crippen LogP contribution < -0.4 is 10.2 Å². The quantitative estimate of drug-likeness (QED) is 0.869. The number of rotatable bonds is 1. The first-order valence-corrected chi connectivity index (χ1v) is 7.52. The zero-order valence-electron chi connectivity index (χ0n) is 10.5. The number of hydrogen-bond donors (Lipinski definition) is 1. The van der Waals surface area contributed by atoms with Crippen LogP contribution in [0.15, 0.2) is 47.6 Å². The van der Waals surface area contributed by atoms with Crippen molar-refractivity contribution >= 4 is 40.8 Å². The molecule has 2 heterocycles. The standard InChI is InChI=1S/C14H12ClN3OS/c15-10-3-1-4-11(9-10)17-14(19)18-7-8-20-13-12(18)5-2-6-16-13/h1-6,9H,7-8H2,(H,17,19). The van der Waals surface area contributed by atoms with E-state index in [9.17, 15) is 4.79 Å². The zero-order chi connectivity index (χ0) is 13.9. The van der Waals surface area contributed by atoms with Crippen LogP contribution in [-0.2, 0) is 0 Å². The molecule has 0 atom stereocenters. The summed E-state index contributed by atoms with van der Waals surface area (Å²) in [4.78, 5) is 18.4. The van der Waals surface area contributed by atoms with Gasteiger partial charge in [-0.15, -0.1) is 11.8 Å². The Morgan fingerprint density at radius 3 is 3.10 bits per heavy atom. The van der Waals surface area contributed by atoms with E-state index < -0.39 is 0 Å². The van der Waals surface area contributed by atoms with Gasteiger partial charge in [-0.1, -0.05) is 17.7 Å². The molecule has 1 aromatic carbocycles. The fraction of sp³-hybridized carbons (Fsp3) is 0.143. The molecule has 0 unspecified atom stereocenters. The first-order chi connectivity index (χ1) is 9.74. The van der Waals surface area contributed by atoms with Gasteiger partial charge in [-0.05, 0) is 30.3 Å². The van der Waals surface area contributed by atoms with E-state index >= 15 is 0 Å². The van der Waals surface area contributed by atoms with Crippen LogP contribution in [0.1, 0.15) is 0 Å². The summed E-state index contributed by atoms with van der Waals surface area (Å²) >= 11 is 7.58. The third kappa shape index (κ3) is 2.73. The fourth-order valence-electron chi connectivity index (χ4n) is 2.02. The lowest BCUT2D eigenvalue weighted by Gasteiger charge is -2.28. The number of fused-ring (bicyclic) bond motifs is 1.